The summed E-state index contributed by atoms with van der Waals surface area (Å²) in [5.74, 6) is -0.246. The van der Waals surface area contributed by atoms with Crippen LogP contribution in [0.5, 0.6) is 0 Å². The van der Waals surface area contributed by atoms with Gasteiger partial charge < -0.3 is 14.4 Å². The average Bonchev–Trinajstić information content (AvgIpc) is 2.94. The van der Waals surface area contributed by atoms with Gasteiger partial charge in [0.05, 0.1) is 13.2 Å². The van der Waals surface area contributed by atoms with Crippen LogP contribution in [0.25, 0.3) is 11.4 Å². The van der Waals surface area contributed by atoms with Gasteiger partial charge in [-0.15, -0.1) is 0 Å². The number of morpholine rings is 1. The molecule has 0 unspecified atom stereocenters. The minimum absolute atomic E-state index is 0.139. The molecule has 0 radical (unpaired) electrons. The third kappa shape index (κ3) is 3.66. The highest BCUT2D eigenvalue weighted by Gasteiger charge is 2.20. The van der Waals surface area contributed by atoms with Gasteiger partial charge in [0.1, 0.15) is 5.82 Å². The minimum Gasteiger partial charge on any atom is -0.476 e. The van der Waals surface area contributed by atoms with Gasteiger partial charge in [-0.3, -0.25) is 4.90 Å². The lowest BCUT2D eigenvalue weighted by Gasteiger charge is -2.26. The molecule has 0 bridgehead atoms. The fraction of sp³-hybridized carbons (Fsp3) is 0.444. The van der Waals surface area contributed by atoms with Crippen molar-refractivity contribution in [3.05, 3.63) is 41.7 Å². The number of imidazole rings is 1. The number of hydrogen-bond acceptors (Lipinski definition) is 4. The summed E-state index contributed by atoms with van der Waals surface area (Å²) >= 11 is 0. The molecule has 1 N–H and O–H groups in total. The van der Waals surface area contributed by atoms with Crippen molar-refractivity contribution in [3.63, 3.8) is 0 Å². The zero-order valence-electron chi connectivity index (χ0n) is 13.9. The Labute approximate surface area is 141 Å². The molecule has 1 aliphatic rings. The molecule has 128 valence electrons. The van der Waals surface area contributed by atoms with Crippen LogP contribution in [0.2, 0.25) is 0 Å². The third-order valence-corrected chi connectivity index (χ3v) is 4.42. The lowest BCUT2D eigenvalue weighted by atomic mass is 10.2. The molecular formula is C18H23N3O3. The van der Waals surface area contributed by atoms with Gasteiger partial charge in [0.15, 0.2) is 5.69 Å². The van der Waals surface area contributed by atoms with Gasteiger partial charge >= 0.3 is 5.97 Å². The second kappa shape index (κ2) is 7.59. The molecule has 0 aliphatic carbocycles. The second-order valence-electron chi connectivity index (χ2n) is 6.00. The number of carboxylic acid groups (broad SMARTS) is 1. The molecule has 24 heavy (non-hydrogen) atoms. The first-order valence-electron chi connectivity index (χ1n) is 8.33. The first-order chi connectivity index (χ1) is 11.7. The van der Waals surface area contributed by atoms with E-state index in [0.717, 1.165) is 57.2 Å². The molecule has 0 amide bonds. The van der Waals surface area contributed by atoms with Crippen molar-refractivity contribution in [2.75, 3.05) is 32.8 Å². The summed E-state index contributed by atoms with van der Waals surface area (Å²) in [6, 6.07) is 9.76. The standard InChI is InChI=1S/C18H23N3O3/c1-14-16(18(22)23)19-17(15-6-3-2-4-7-15)21(14)9-5-8-20-10-12-24-13-11-20/h2-4,6-7H,5,8-13H2,1H3,(H,22,23). The summed E-state index contributed by atoms with van der Waals surface area (Å²) in [6.07, 6.45) is 0.954. The Morgan fingerprint density at radius 3 is 2.58 bits per heavy atom. The van der Waals surface area contributed by atoms with E-state index in [9.17, 15) is 9.90 Å². The number of hydrogen-bond donors (Lipinski definition) is 1. The lowest BCUT2D eigenvalue weighted by molar-refractivity contribution is 0.0369. The summed E-state index contributed by atoms with van der Waals surface area (Å²) in [5.41, 5.74) is 1.79. The van der Waals surface area contributed by atoms with Gasteiger partial charge in [-0.2, -0.15) is 0 Å². The first-order valence-corrected chi connectivity index (χ1v) is 8.33. The Balaban J connectivity index is 1.78. The first kappa shape index (κ1) is 16.7. The van der Waals surface area contributed by atoms with E-state index in [0.29, 0.717) is 5.69 Å². The third-order valence-electron chi connectivity index (χ3n) is 4.42. The van der Waals surface area contributed by atoms with Crippen molar-refractivity contribution in [1.82, 2.24) is 14.5 Å². The van der Waals surface area contributed by atoms with Crippen LogP contribution >= 0.6 is 0 Å². The Bertz CT molecular complexity index is 691. The van der Waals surface area contributed by atoms with Crippen molar-refractivity contribution in [3.8, 4) is 11.4 Å². The summed E-state index contributed by atoms with van der Waals surface area (Å²) in [7, 11) is 0. The highest BCUT2D eigenvalue weighted by molar-refractivity contribution is 5.87. The molecule has 0 atom stereocenters. The van der Waals surface area contributed by atoms with E-state index in [1.54, 1.807) is 0 Å². The number of rotatable bonds is 6. The van der Waals surface area contributed by atoms with Crippen LogP contribution in [-0.2, 0) is 11.3 Å². The molecule has 1 fully saturated rings. The van der Waals surface area contributed by atoms with Crippen molar-refractivity contribution < 1.29 is 14.6 Å². The van der Waals surface area contributed by atoms with Crippen LogP contribution in [-0.4, -0.2) is 58.4 Å². The Hall–Kier alpha value is -2.18. The Morgan fingerprint density at radius 1 is 1.21 bits per heavy atom. The molecule has 0 spiro atoms. The number of benzene rings is 1. The predicted octanol–water partition coefficient (Wildman–Crippen LogP) is 2.28. The van der Waals surface area contributed by atoms with Crippen molar-refractivity contribution in [1.29, 1.82) is 0 Å². The maximum atomic E-state index is 11.4. The lowest BCUT2D eigenvalue weighted by Crippen LogP contribution is -2.37. The normalized spacial score (nSPS) is 15.5. The average molecular weight is 329 g/mol. The second-order valence-corrected chi connectivity index (χ2v) is 6.00. The largest absolute Gasteiger partial charge is 0.476 e. The zero-order chi connectivity index (χ0) is 16.9. The van der Waals surface area contributed by atoms with Crippen molar-refractivity contribution in [2.24, 2.45) is 0 Å². The smallest absolute Gasteiger partial charge is 0.356 e. The number of carboxylic acids is 1. The number of aromatic carboxylic acids is 1. The SMILES string of the molecule is Cc1c(C(=O)O)nc(-c2ccccc2)n1CCCN1CCOCC1. The number of nitrogens with zero attached hydrogens (tertiary/aromatic N) is 3. The van der Waals surface area contributed by atoms with Gasteiger partial charge in [0, 0.05) is 37.4 Å². The monoisotopic (exact) mass is 329 g/mol. The number of aromatic nitrogens is 2. The molecule has 0 saturated carbocycles. The molecule has 6 heteroatoms. The van der Waals surface area contributed by atoms with Gasteiger partial charge in [-0.05, 0) is 13.3 Å². The van der Waals surface area contributed by atoms with Crippen LogP contribution in [0.4, 0.5) is 0 Å². The summed E-state index contributed by atoms with van der Waals surface area (Å²) in [6.45, 7) is 7.09. The molecule has 1 aromatic carbocycles. The fourth-order valence-electron chi connectivity index (χ4n) is 3.09. The van der Waals surface area contributed by atoms with Crippen LogP contribution in [0.3, 0.4) is 0 Å². The van der Waals surface area contributed by atoms with Crippen LogP contribution in [0, 0.1) is 6.92 Å². The highest BCUT2D eigenvalue weighted by atomic mass is 16.5. The summed E-state index contributed by atoms with van der Waals surface area (Å²) in [5, 5.41) is 9.38. The molecule has 2 heterocycles. The van der Waals surface area contributed by atoms with Gasteiger partial charge in [-0.25, -0.2) is 9.78 Å². The molecule has 3 rings (SSSR count). The molecule has 1 aromatic heterocycles. The van der Waals surface area contributed by atoms with Crippen LogP contribution in [0.1, 0.15) is 22.6 Å². The fourth-order valence-corrected chi connectivity index (χ4v) is 3.09. The van der Waals surface area contributed by atoms with E-state index in [1.807, 2.05) is 41.8 Å². The van der Waals surface area contributed by atoms with E-state index < -0.39 is 5.97 Å². The number of carbonyl (C=O) groups is 1. The van der Waals surface area contributed by atoms with Crippen molar-refractivity contribution in [2.45, 2.75) is 19.9 Å². The number of ether oxygens (including phenoxy) is 1. The quantitative estimate of drug-likeness (QED) is 0.880. The topological polar surface area (TPSA) is 67.6 Å². The van der Waals surface area contributed by atoms with Crippen LogP contribution in [0.15, 0.2) is 30.3 Å². The highest BCUT2D eigenvalue weighted by Crippen LogP contribution is 2.22. The van der Waals surface area contributed by atoms with Gasteiger partial charge in [-0.1, -0.05) is 30.3 Å². The van der Waals surface area contributed by atoms with E-state index in [2.05, 4.69) is 9.88 Å². The van der Waals surface area contributed by atoms with E-state index >= 15 is 0 Å². The Morgan fingerprint density at radius 2 is 1.92 bits per heavy atom. The van der Waals surface area contributed by atoms with Crippen molar-refractivity contribution >= 4 is 5.97 Å². The summed E-state index contributed by atoms with van der Waals surface area (Å²) in [4.78, 5) is 18.2. The molecule has 1 saturated heterocycles. The zero-order valence-corrected chi connectivity index (χ0v) is 13.9. The Kier molecular flexibility index (Phi) is 5.27. The molecule has 6 nitrogen and oxygen atoms in total. The molecule has 2 aromatic rings. The molecule has 1 aliphatic heterocycles. The molecular weight excluding hydrogens is 306 g/mol. The summed E-state index contributed by atoms with van der Waals surface area (Å²) < 4.78 is 7.39. The van der Waals surface area contributed by atoms with E-state index in [4.69, 9.17) is 4.74 Å². The predicted molar refractivity (Wildman–Crippen MR) is 91.2 cm³/mol. The van der Waals surface area contributed by atoms with E-state index in [1.165, 1.54) is 0 Å². The van der Waals surface area contributed by atoms with Crippen LogP contribution < -0.4 is 0 Å². The maximum Gasteiger partial charge on any atom is 0.356 e. The van der Waals surface area contributed by atoms with E-state index in [-0.39, 0.29) is 5.69 Å². The minimum atomic E-state index is -0.975. The van der Waals surface area contributed by atoms with Gasteiger partial charge in [0.25, 0.3) is 0 Å². The van der Waals surface area contributed by atoms with Gasteiger partial charge in [0.2, 0.25) is 0 Å². The maximum absolute atomic E-state index is 11.4.